The Morgan fingerprint density at radius 2 is 2.00 bits per heavy atom. The quantitative estimate of drug-likeness (QED) is 0.800. The van der Waals surface area contributed by atoms with E-state index < -0.39 is 5.60 Å². The number of carbonyl (C=O) groups excluding carboxylic acids is 1. The summed E-state index contributed by atoms with van der Waals surface area (Å²) >= 11 is 12.0. The predicted molar refractivity (Wildman–Crippen MR) is 70.6 cm³/mol. The molecule has 0 aromatic heterocycles. The minimum absolute atomic E-state index is 0.124. The first kappa shape index (κ1) is 13.8. The van der Waals surface area contributed by atoms with E-state index in [-0.39, 0.29) is 5.78 Å². The highest BCUT2D eigenvalue weighted by Gasteiger charge is 2.41. The largest absolute Gasteiger partial charge is 0.381 e. The van der Waals surface area contributed by atoms with Crippen molar-refractivity contribution in [3.05, 3.63) is 33.8 Å². The second kappa shape index (κ2) is 5.57. The molecule has 1 aliphatic heterocycles. The number of benzene rings is 1. The van der Waals surface area contributed by atoms with Crippen molar-refractivity contribution in [2.45, 2.75) is 18.4 Å². The highest BCUT2D eigenvalue weighted by Crippen LogP contribution is 2.32. The molecule has 0 bridgehead atoms. The summed E-state index contributed by atoms with van der Waals surface area (Å²) in [6.07, 6.45) is 1.07. The molecule has 1 aromatic rings. The zero-order valence-corrected chi connectivity index (χ0v) is 11.6. The molecule has 18 heavy (non-hydrogen) atoms. The second-order valence-electron chi connectivity index (χ2n) is 4.26. The molecule has 1 aromatic carbocycles. The SMILES string of the molecule is COC1(C(=O)c2cc(Cl)ccc2Cl)CCOCC1. The van der Waals surface area contributed by atoms with Gasteiger partial charge in [-0.2, -0.15) is 0 Å². The molecule has 2 rings (SSSR count). The number of halogens is 2. The van der Waals surface area contributed by atoms with E-state index in [1.54, 1.807) is 25.3 Å². The highest BCUT2D eigenvalue weighted by molar-refractivity contribution is 6.36. The Bertz CT molecular complexity index is 454. The van der Waals surface area contributed by atoms with Crippen LogP contribution in [0.4, 0.5) is 0 Å². The van der Waals surface area contributed by atoms with Crippen LogP contribution >= 0.6 is 23.2 Å². The topological polar surface area (TPSA) is 35.5 Å². The standard InChI is InChI=1S/C13H14Cl2O3/c1-17-13(4-6-18-7-5-13)12(16)10-8-9(14)2-3-11(10)15/h2-3,8H,4-7H2,1H3. The molecular weight excluding hydrogens is 275 g/mol. The third-order valence-corrected chi connectivity index (χ3v) is 3.84. The van der Waals surface area contributed by atoms with Gasteiger partial charge in [0.2, 0.25) is 0 Å². The van der Waals surface area contributed by atoms with E-state index in [0.717, 1.165) is 0 Å². The van der Waals surface area contributed by atoms with Crippen LogP contribution in [0.1, 0.15) is 23.2 Å². The van der Waals surface area contributed by atoms with E-state index in [2.05, 4.69) is 0 Å². The van der Waals surface area contributed by atoms with Gasteiger partial charge < -0.3 is 9.47 Å². The molecule has 1 heterocycles. The smallest absolute Gasteiger partial charge is 0.196 e. The van der Waals surface area contributed by atoms with E-state index in [1.807, 2.05) is 0 Å². The van der Waals surface area contributed by atoms with E-state index in [1.165, 1.54) is 0 Å². The normalized spacial score (nSPS) is 18.6. The highest BCUT2D eigenvalue weighted by atomic mass is 35.5. The maximum Gasteiger partial charge on any atom is 0.196 e. The summed E-state index contributed by atoms with van der Waals surface area (Å²) in [5.74, 6) is -0.124. The van der Waals surface area contributed by atoms with Crippen molar-refractivity contribution < 1.29 is 14.3 Å². The maximum atomic E-state index is 12.6. The Balaban J connectivity index is 2.36. The number of carbonyl (C=O) groups is 1. The summed E-state index contributed by atoms with van der Waals surface area (Å²) < 4.78 is 10.7. The number of Topliss-reactive ketones (excluding diaryl/α,β-unsaturated/α-hetero) is 1. The molecule has 0 spiro atoms. The number of methoxy groups -OCH3 is 1. The van der Waals surface area contributed by atoms with E-state index in [4.69, 9.17) is 32.7 Å². The molecule has 0 N–H and O–H groups in total. The van der Waals surface area contributed by atoms with Crippen LogP contribution in [0.3, 0.4) is 0 Å². The van der Waals surface area contributed by atoms with Gasteiger partial charge in [-0.1, -0.05) is 23.2 Å². The molecule has 1 fully saturated rings. The van der Waals surface area contributed by atoms with Gasteiger partial charge in [-0.3, -0.25) is 4.79 Å². The van der Waals surface area contributed by atoms with Crippen molar-refractivity contribution in [2.75, 3.05) is 20.3 Å². The van der Waals surface area contributed by atoms with Crippen molar-refractivity contribution in [1.82, 2.24) is 0 Å². The fourth-order valence-corrected chi connectivity index (χ4v) is 2.52. The fourth-order valence-electron chi connectivity index (χ4n) is 2.14. The Morgan fingerprint density at radius 3 is 2.61 bits per heavy atom. The molecule has 0 amide bonds. The Hall–Kier alpha value is -0.610. The number of hydrogen-bond donors (Lipinski definition) is 0. The number of rotatable bonds is 3. The van der Waals surface area contributed by atoms with Crippen LogP contribution in [0.25, 0.3) is 0 Å². The Labute approximate surface area is 116 Å². The Kier molecular flexibility index (Phi) is 4.28. The fraction of sp³-hybridized carbons (Fsp3) is 0.462. The average Bonchev–Trinajstić information content (AvgIpc) is 2.41. The molecule has 5 heteroatoms. The molecule has 3 nitrogen and oxygen atoms in total. The van der Waals surface area contributed by atoms with Crippen molar-refractivity contribution in [3.8, 4) is 0 Å². The van der Waals surface area contributed by atoms with Gasteiger partial charge >= 0.3 is 0 Å². The molecule has 0 aliphatic carbocycles. The van der Waals surface area contributed by atoms with E-state index in [0.29, 0.717) is 41.7 Å². The first-order valence-corrected chi connectivity index (χ1v) is 6.47. The zero-order chi connectivity index (χ0) is 13.2. The van der Waals surface area contributed by atoms with Crippen LogP contribution in [0, 0.1) is 0 Å². The van der Waals surface area contributed by atoms with Gasteiger partial charge in [-0.25, -0.2) is 0 Å². The lowest BCUT2D eigenvalue weighted by Crippen LogP contribution is -2.45. The summed E-state index contributed by atoms with van der Waals surface area (Å²) in [5.41, 5.74) is -0.431. The molecule has 1 aliphatic rings. The summed E-state index contributed by atoms with van der Waals surface area (Å²) in [6.45, 7) is 1.02. The molecule has 0 atom stereocenters. The van der Waals surface area contributed by atoms with Crippen LogP contribution in [-0.4, -0.2) is 31.7 Å². The number of hydrogen-bond acceptors (Lipinski definition) is 3. The number of ether oxygens (including phenoxy) is 2. The van der Waals surface area contributed by atoms with Crippen LogP contribution in [0.2, 0.25) is 10.0 Å². The molecular formula is C13H14Cl2O3. The maximum absolute atomic E-state index is 12.6. The van der Waals surface area contributed by atoms with Crippen LogP contribution in [0.15, 0.2) is 18.2 Å². The molecule has 98 valence electrons. The molecule has 0 unspecified atom stereocenters. The minimum atomic E-state index is -0.841. The monoisotopic (exact) mass is 288 g/mol. The van der Waals surface area contributed by atoms with Gasteiger partial charge in [-0.15, -0.1) is 0 Å². The first-order valence-electron chi connectivity index (χ1n) is 5.72. The van der Waals surface area contributed by atoms with Crippen molar-refractivity contribution in [1.29, 1.82) is 0 Å². The third-order valence-electron chi connectivity index (χ3n) is 3.28. The van der Waals surface area contributed by atoms with Crippen LogP contribution < -0.4 is 0 Å². The molecule has 0 radical (unpaired) electrons. The third kappa shape index (κ3) is 2.54. The molecule has 0 saturated carbocycles. The van der Waals surface area contributed by atoms with Crippen LogP contribution in [-0.2, 0) is 9.47 Å². The lowest BCUT2D eigenvalue weighted by Gasteiger charge is -2.34. The van der Waals surface area contributed by atoms with Gasteiger partial charge in [-0.05, 0) is 18.2 Å². The summed E-state index contributed by atoms with van der Waals surface area (Å²) in [7, 11) is 1.54. The van der Waals surface area contributed by atoms with Gasteiger partial charge in [0, 0.05) is 43.8 Å². The van der Waals surface area contributed by atoms with Crippen LogP contribution in [0.5, 0.6) is 0 Å². The van der Waals surface area contributed by atoms with Crippen molar-refractivity contribution in [2.24, 2.45) is 0 Å². The Morgan fingerprint density at radius 1 is 1.33 bits per heavy atom. The average molecular weight is 289 g/mol. The summed E-state index contributed by atoms with van der Waals surface area (Å²) in [4.78, 5) is 12.6. The zero-order valence-electron chi connectivity index (χ0n) is 10.0. The minimum Gasteiger partial charge on any atom is -0.381 e. The van der Waals surface area contributed by atoms with Crippen molar-refractivity contribution in [3.63, 3.8) is 0 Å². The lowest BCUT2D eigenvalue weighted by molar-refractivity contribution is -0.0663. The van der Waals surface area contributed by atoms with E-state index in [9.17, 15) is 4.79 Å². The van der Waals surface area contributed by atoms with Gasteiger partial charge in [0.25, 0.3) is 0 Å². The molecule has 1 saturated heterocycles. The van der Waals surface area contributed by atoms with Gasteiger partial charge in [0.1, 0.15) is 5.60 Å². The van der Waals surface area contributed by atoms with E-state index >= 15 is 0 Å². The lowest BCUT2D eigenvalue weighted by atomic mass is 9.85. The second-order valence-corrected chi connectivity index (χ2v) is 5.11. The summed E-state index contributed by atoms with van der Waals surface area (Å²) in [5, 5.41) is 0.883. The predicted octanol–water partition coefficient (Wildman–Crippen LogP) is 3.37. The number of ketones is 1. The van der Waals surface area contributed by atoms with Gasteiger partial charge in [0.15, 0.2) is 5.78 Å². The summed E-state index contributed by atoms with van der Waals surface area (Å²) in [6, 6.07) is 4.87. The first-order chi connectivity index (χ1) is 8.59. The van der Waals surface area contributed by atoms with Crippen molar-refractivity contribution >= 4 is 29.0 Å². The van der Waals surface area contributed by atoms with Gasteiger partial charge in [0.05, 0.1) is 5.02 Å².